The third kappa shape index (κ3) is 7.37. The van der Waals surface area contributed by atoms with Crippen molar-refractivity contribution >= 4 is 58.2 Å². The van der Waals surface area contributed by atoms with Crippen LogP contribution >= 0.6 is 46.1 Å². The number of carbonyl (C=O) groups is 1. The molecule has 1 aliphatic heterocycles. The van der Waals surface area contributed by atoms with Crippen molar-refractivity contribution in [2.75, 3.05) is 20.8 Å². The lowest BCUT2D eigenvalue weighted by molar-refractivity contribution is -0.139. The third-order valence-corrected chi connectivity index (χ3v) is 9.30. The molecule has 0 saturated carbocycles. The van der Waals surface area contributed by atoms with Crippen LogP contribution in [0.2, 0.25) is 15.1 Å². The predicted octanol–water partition coefficient (Wildman–Crippen LogP) is 7.14. The predicted molar refractivity (Wildman–Crippen MR) is 188 cm³/mol. The van der Waals surface area contributed by atoms with Gasteiger partial charge in [-0.25, -0.2) is 9.79 Å². The number of rotatable bonds is 11. The third-order valence-electron chi connectivity index (χ3n) is 7.30. The molecule has 1 aliphatic rings. The van der Waals surface area contributed by atoms with Crippen LogP contribution in [0.15, 0.2) is 69.6 Å². The Hall–Kier alpha value is -3.96. The van der Waals surface area contributed by atoms with Crippen LogP contribution in [0.3, 0.4) is 0 Å². The maximum Gasteiger partial charge on any atom is 0.338 e. The van der Waals surface area contributed by atoms with Gasteiger partial charge in [0, 0.05) is 0 Å². The van der Waals surface area contributed by atoms with Gasteiger partial charge in [-0.2, -0.15) is 0 Å². The summed E-state index contributed by atoms with van der Waals surface area (Å²) in [6.45, 7) is 7.61. The fourth-order valence-corrected chi connectivity index (χ4v) is 6.85. The van der Waals surface area contributed by atoms with Crippen molar-refractivity contribution < 1.29 is 28.5 Å². The summed E-state index contributed by atoms with van der Waals surface area (Å²) in [4.78, 5) is 32.6. The quantitative estimate of drug-likeness (QED) is 0.151. The number of halogens is 3. The molecule has 1 atom stereocenters. The molecule has 4 aromatic rings. The number of aromatic nitrogens is 1. The van der Waals surface area contributed by atoms with Gasteiger partial charge in [0.1, 0.15) is 6.61 Å². The van der Waals surface area contributed by atoms with E-state index in [2.05, 4.69) is 4.99 Å². The molecule has 2 heterocycles. The lowest BCUT2D eigenvalue weighted by Gasteiger charge is -2.25. The fourth-order valence-electron chi connectivity index (χ4n) is 5.21. The van der Waals surface area contributed by atoms with Crippen molar-refractivity contribution in [1.82, 2.24) is 4.57 Å². The second-order valence-electron chi connectivity index (χ2n) is 11.0. The van der Waals surface area contributed by atoms with Crippen molar-refractivity contribution in [1.29, 1.82) is 0 Å². The van der Waals surface area contributed by atoms with Crippen molar-refractivity contribution in [3.8, 4) is 23.0 Å². The first-order valence-electron chi connectivity index (χ1n) is 14.9. The number of nitrogens with zero attached hydrogens (tertiary/aromatic N) is 2. The van der Waals surface area contributed by atoms with E-state index in [1.54, 1.807) is 68.5 Å². The number of allylic oxidation sites excluding steroid dienone is 1. The molecule has 0 aliphatic carbocycles. The number of thiazole rings is 1. The largest absolute Gasteiger partial charge is 0.493 e. The van der Waals surface area contributed by atoms with Crippen LogP contribution in [-0.2, 0) is 16.1 Å². The van der Waals surface area contributed by atoms with Crippen molar-refractivity contribution in [2.24, 2.45) is 4.99 Å². The van der Waals surface area contributed by atoms with Gasteiger partial charge in [-0.1, -0.05) is 58.3 Å². The van der Waals surface area contributed by atoms with Crippen LogP contribution in [-0.4, -0.2) is 37.5 Å². The highest BCUT2D eigenvalue weighted by atomic mass is 35.5. The number of hydrogen-bond donors (Lipinski definition) is 0. The monoisotopic (exact) mass is 730 g/mol. The molecule has 9 nitrogen and oxygen atoms in total. The first-order chi connectivity index (χ1) is 22.9. The minimum atomic E-state index is -0.834. The Morgan fingerprint density at radius 1 is 0.979 bits per heavy atom. The number of hydrogen-bond acceptors (Lipinski definition) is 9. The summed E-state index contributed by atoms with van der Waals surface area (Å²) in [7, 11) is 3.04. The molecular formula is C35H33Cl3N2O7S. The molecule has 252 valence electrons. The number of carbonyl (C=O) groups excluding carboxylic acids is 1. The lowest BCUT2D eigenvalue weighted by atomic mass is 9.95. The molecule has 13 heteroatoms. The van der Waals surface area contributed by atoms with E-state index in [9.17, 15) is 9.59 Å². The van der Waals surface area contributed by atoms with Crippen LogP contribution in [0, 0.1) is 0 Å². The Bertz CT molecular complexity index is 2090. The van der Waals surface area contributed by atoms with Crippen LogP contribution in [0.4, 0.5) is 0 Å². The van der Waals surface area contributed by atoms with Crippen LogP contribution in [0.5, 0.6) is 23.0 Å². The van der Waals surface area contributed by atoms with Gasteiger partial charge in [-0.05, 0) is 86.9 Å². The second-order valence-corrected chi connectivity index (χ2v) is 13.2. The van der Waals surface area contributed by atoms with Gasteiger partial charge in [0.2, 0.25) is 0 Å². The molecule has 0 N–H and O–H groups in total. The van der Waals surface area contributed by atoms with Gasteiger partial charge in [0.15, 0.2) is 27.8 Å². The van der Waals surface area contributed by atoms with E-state index in [4.69, 9.17) is 58.5 Å². The van der Waals surface area contributed by atoms with Gasteiger partial charge in [-0.15, -0.1) is 0 Å². The molecule has 0 saturated heterocycles. The van der Waals surface area contributed by atoms with E-state index in [1.807, 2.05) is 13.8 Å². The lowest BCUT2D eigenvalue weighted by Crippen LogP contribution is -2.40. The zero-order valence-corrected chi connectivity index (χ0v) is 30.1. The van der Waals surface area contributed by atoms with Crippen molar-refractivity contribution in [3.05, 3.63) is 111 Å². The van der Waals surface area contributed by atoms with Crippen LogP contribution in [0.25, 0.3) is 6.08 Å². The van der Waals surface area contributed by atoms with E-state index in [0.29, 0.717) is 59.2 Å². The zero-order valence-electron chi connectivity index (χ0n) is 27.1. The number of fused-ring (bicyclic) bond motifs is 1. The highest BCUT2D eigenvalue weighted by Gasteiger charge is 2.34. The molecular weight excluding hydrogens is 699 g/mol. The van der Waals surface area contributed by atoms with Crippen LogP contribution in [0.1, 0.15) is 50.4 Å². The molecule has 0 radical (unpaired) electrons. The maximum atomic E-state index is 14.2. The van der Waals surface area contributed by atoms with E-state index < -0.39 is 12.0 Å². The average Bonchev–Trinajstić information content (AvgIpc) is 3.34. The van der Waals surface area contributed by atoms with Crippen LogP contribution < -0.4 is 33.8 Å². The molecule has 1 aromatic heterocycles. The van der Waals surface area contributed by atoms with Gasteiger partial charge >= 0.3 is 5.97 Å². The number of benzene rings is 3. The van der Waals surface area contributed by atoms with Gasteiger partial charge in [-0.3, -0.25) is 9.36 Å². The van der Waals surface area contributed by atoms with E-state index >= 15 is 0 Å². The summed E-state index contributed by atoms with van der Waals surface area (Å²) in [5, 5.41) is 1.14. The van der Waals surface area contributed by atoms with Gasteiger partial charge in [0.25, 0.3) is 5.56 Å². The maximum absolute atomic E-state index is 14.2. The summed E-state index contributed by atoms with van der Waals surface area (Å²) in [5.41, 5.74) is 2.36. The minimum Gasteiger partial charge on any atom is -0.493 e. The van der Waals surface area contributed by atoms with E-state index in [1.165, 1.54) is 30.1 Å². The Morgan fingerprint density at radius 3 is 2.40 bits per heavy atom. The average molecular weight is 732 g/mol. The standard InChI is InChI=1S/C35H33Cl3N2O7S/c1-7-45-34(42)30-19(4)39-35-40(31(30)22-9-11-26(47-18(2)3)27(16-22)43-5)33(41)29(48-35)15-21-13-25(38)32(28(14-21)44-6)46-17-20-8-10-23(36)24(37)12-20/h8-16,18,31H,7,17H2,1-6H3/b29-15-/t31-/m1/s1. The Morgan fingerprint density at radius 2 is 1.73 bits per heavy atom. The summed E-state index contributed by atoms with van der Waals surface area (Å²) in [5.74, 6) is 1.14. The molecule has 0 bridgehead atoms. The normalized spacial score (nSPS) is 14.5. The SMILES string of the molecule is CCOC(=O)C1=C(C)N=c2s/c(=C\c3cc(Cl)c(OCc4ccc(Cl)c(Cl)c4)c(OC)c3)c(=O)n2[C@@H]1c1ccc(OC(C)C)c(OC)c1. The molecule has 0 fully saturated rings. The van der Waals surface area contributed by atoms with Crippen molar-refractivity contribution in [3.63, 3.8) is 0 Å². The van der Waals surface area contributed by atoms with Gasteiger partial charge < -0.3 is 23.7 Å². The summed E-state index contributed by atoms with van der Waals surface area (Å²) >= 11 is 20.0. The Kier molecular flexibility index (Phi) is 11.1. The highest BCUT2D eigenvalue weighted by molar-refractivity contribution is 7.07. The first kappa shape index (κ1) is 35.3. The number of esters is 1. The smallest absolute Gasteiger partial charge is 0.338 e. The van der Waals surface area contributed by atoms with E-state index in [-0.39, 0.29) is 35.5 Å². The van der Waals surface area contributed by atoms with Gasteiger partial charge in [0.05, 0.1) is 63.8 Å². The second kappa shape index (κ2) is 15.1. The Labute approximate surface area is 296 Å². The molecule has 0 spiro atoms. The fraction of sp³-hybridized carbons (Fsp3) is 0.286. The van der Waals surface area contributed by atoms with Crippen molar-refractivity contribution in [2.45, 2.75) is 46.4 Å². The summed E-state index contributed by atoms with van der Waals surface area (Å²) in [6.07, 6.45) is 1.61. The topological polar surface area (TPSA) is 97.6 Å². The molecule has 0 amide bonds. The van der Waals surface area contributed by atoms with E-state index in [0.717, 1.165) is 5.56 Å². The minimum absolute atomic E-state index is 0.0880. The first-order valence-corrected chi connectivity index (χ1v) is 16.9. The molecule has 48 heavy (non-hydrogen) atoms. The highest BCUT2D eigenvalue weighted by Crippen LogP contribution is 2.38. The molecule has 0 unspecified atom stereocenters. The molecule has 3 aromatic carbocycles. The zero-order chi connectivity index (χ0) is 34.7. The summed E-state index contributed by atoms with van der Waals surface area (Å²) in [6, 6.07) is 13.1. The summed E-state index contributed by atoms with van der Waals surface area (Å²) < 4.78 is 30.4. The molecule has 5 rings (SSSR count). The number of methoxy groups -OCH3 is 2. The number of ether oxygens (including phenoxy) is 5. The Balaban J connectivity index is 1.58.